The second-order valence-electron chi connectivity index (χ2n) is 5.05. The van der Waals surface area contributed by atoms with E-state index in [1.54, 1.807) is 0 Å². The Morgan fingerprint density at radius 2 is 2.00 bits per heavy atom. The molecule has 1 aromatic rings. The van der Waals surface area contributed by atoms with Crippen LogP contribution in [-0.4, -0.2) is 23.8 Å². The Morgan fingerprint density at radius 1 is 1.26 bits per heavy atom. The van der Waals surface area contributed by atoms with Crippen molar-refractivity contribution < 1.29 is 14.6 Å². The molecule has 0 unspecified atom stereocenters. The minimum atomic E-state index is -0.415. The first-order valence-electron chi connectivity index (χ1n) is 6.88. The molecule has 1 aliphatic carbocycles. The van der Waals surface area contributed by atoms with Crippen molar-refractivity contribution in [3.05, 3.63) is 35.9 Å². The molecule has 2 atom stereocenters. The zero-order chi connectivity index (χ0) is 13.5. The van der Waals surface area contributed by atoms with Crippen LogP contribution in [-0.2, 0) is 11.3 Å². The standard InChI is InChI=1S/C15H21NO3/c17-14-9-5-4-8-13(14)10-16-15(18)19-11-12-6-2-1-3-7-12/h1-3,6-7,13-14,17H,4-5,8-11H2,(H,16,18)/t13-,14+/m1/s1. The molecule has 0 aliphatic heterocycles. The second kappa shape index (κ2) is 7.14. The van der Waals surface area contributed by atoms with E-state index >= 15 is 0 Å². The van der Waals surface area contributed by atoms with Crippen molar-refractivity contribution in [3.63, 3.8) is 0 Å². The van der Waals surface area contributed by atoms with Gasteiger partial charge in [0.1, 0.15) is 6.61 Å². The Hall–Kier alpha value is -1.55. The van der Waals surface area contributed by atoms with Gasteiger partial charge in [-0.2, -0.15) is 0 Å². The Labute approximate surface area is 113 Å². The van der Waals surface area contributed by atoms with Gasteiger partial charge >= 0.3 is 6.09 Å². The van der Waals surface area contributed by atoms with Gasteiger partial charge in [0.05, 0.1) is 6.10 Å². The Bertz CT molecular complexity index is 394. The predicted octanol–water partition coefficient (Wildman–Crippen LogP) is 2.46. The average molecular weight is 263 g/mol. The Balaban J connectivity index is 1.67. The van der Waals surface area contributed by atoms with E-state index < -0.39 is 6.09 Å². The van der Waals surface area contributed by atoms with Crippen LogP contribution in [0.5, 0.6) is 0 Å². The van der Waals surface area contributed by atoms with Crippen LogP contribution in [0.15, 0.2) is 30.3 Å². The minimum Gasteiger partial charge on any atom is -0.445 e. The van der Waals surface area contributed by atoms with Gasteiger partial charge in [0.25, 0.3) is 0 Å². The molecule has 1 amide bonds. The molecule has 0 aromatic heterocycles. The molecule has 4 heteroatoms. The van der Waals surface area contributed by atoms with Crippen LogP contribution in [0.3, 0.4) is 0 Å². The first-order valence-corrected chi connectivity index (χ1v) is 6.88. The zero-order valence-electron chi connectivity index (χ0n) is 11.0. The van der Waals surface area contributed by atoms with Crippen molar-refractivity contribution in [1.29, 1.82) is 0 Å². The molecule has 2 rings (SSSR count). The normalized spacial score (nSPS) is 22.8. The van der Waals surface area contributed by atoms with Crippen LogP contribution in [0.1, 0.15) is 31.2 Å². The van der Waals surface area contributed by atoms with Crippen molar-refractivity contribution in [3.8, 4) is 0 Å². The largest absolute Gasteiger partial charge is 0.445 e. The third-order valence-corrected chi connectivity index (χ3v) is 3.59. The lowest BCUT2D eigenvalue weighted by molar-refractivity contribution is 0.0673. The number of hydrogen-bond donors (Lipinski definition) is 2. The number of aliphatic hydroxyl groups excluding tert-OH is 1. The summed E-state index contributed by atoms with van der Waals surface area (Å²) in [5.74, 6) is 0.165. The maximum atomic E-state index is 11.6. The van der Waals surface area contributed by atoms with Gasteiger partial charge in [-0.3, -0.25) is 0 Å². The summed E-state index contributed by atoms with van der Waals surface area (Å²) in [4.78, 5) is 11.6. The molecule has 1 fully saturated rings. The highest BCUT2D eigenvalue weighted by Gasteiger charge is 2.23. The van der Waals surface area contributed by atoms with E-state index in [4.69, 9.17) is 4.74 Å². The molecule has 4 nitrogen and oxygen atoms in total. The lowest BCUT2D eigenvalue weighted by atomic mass is 9.86. The fraction of sp³-hybridized carbons (Fsp3) is 0.533. The topological polar surface area (TPSA) is 58.6 Å². The molecule has 104 valence electrons. The van der Waals surface area contributed by atoms with E-state index in [-0.39, 0.29) is 18.6 Å². The van der Waals surface area contributed by atoms with Crippen LogP contribution in [0, 0.1) is 5.92 Å². The fourth-order valence-corrected chi connectivity index (χ4v) is 2.41. The highest BCUT2D eigenvalue weighted by atomic mass is 16.5. The van der Waals surface area contributed by atoms with Crippen LogP contribution in [0.25, 0.3) is 0 Å². The van der Waals surface area contributed by atoms with Crippen molar-refractivity contribution in [2.75, 3.05) is 6.54 Å². The molecule has 0 heterocycles. The molecular weight excluding hydrogens is 242 g/mol. The molecule has 1 aliphatic rings. The number of amides is 1. The molecule has 2 N–H and O–H groups in total. The first kappa shape index (κ1) is 13.9. The number of nitrogens with one attached hydrogen (secondary N) is 1. The van der Waals surface area contributed by atoms with Gasteiger partial charge in [-0.1, -0.05) is 43.2 Å². The molecule has 1 aromatic carbocycles. The van der Waals surface area contributed by atoms with E-state index in [1.807, 2.05) is 30.3 Å². The van der Waals surface area contributed by atoms with Crippen molar-refractivity contribution in [2.45, 2.75) is 38.4 Å². The van der Waals surface area contributed by atoms with E-state index in [1.165, 1.54) is 0 Å². The van der Waals surface area contributed by atoms with Gasteiger partial charge in [0.15, 0.2) is 0 Å². The summed E-state index contributed by atoms with van der Waals surface area (Å²) in [6, 6.07) is 9.58. The summed E-state index contributed by atoms with van der Waals surface area (Å²) in [6.07, 6.45) is 3.31. The third-order valence-electron chi connectivity index (χ3n) is 3.59. The predicted molar refractivity (Wildman–Crippen MR) is 72.6 cm³/mol. The third kappa shape index (κ3) is 4.56. The average Bonchev–Trinajstić information content (AvgIpc) is 2.45. The zero-order valence-corrected chi connectivity index (χ0v) is 11.0. The van der Waals surface area contributed by atoms with Crippen LogP contribution >= 0.6 is 0 Å². The van der Waals surface area contributed by atoms with Gasteiger partial charge in [-0.05, 0) is 18.4 Å². The van der Waals surface area contributed by atoms with Crippen LogP contribution in [0.4, 0.5) is 4.79 Å². The number of hydrogen-bond acceptors (Lipinski definition) is 3. The molecule has 0 saturated heterocycles. The first-order chi connectivity index (χ1) is 9.25. The summed E-state index contributed by atoms with van der Waals surface area (Å²) in [5, 5.41) is 12.5. The van der Waals surface area contributed by atoms with Gasteiger partial charge in [-0.15, -0.1) is 0 Å². The quantitative estimate of drug-likeness (QED) is 0.877. The van der Waals surface area contributed by atoms with Gasteiger partial charge in [-0.25, -0.2) is 4.79 Å². The van der Waals surface area contributed by atoms with E-state index in [0.29, 0.717) is 6.54 Å². The number of alkyl carbamates (subject to hydrolysis) is 1. The molecule has 19 heavy (non-hydrogen) atoms. The van der Waals surface area contributed by atoms with Gasteiger partial charge in [0.2, 0.25) is 0 Å². The number of benzene rings is 1. The number of ether oxygens (including phenoxy) is 1. The minimum absolute atomic E-state index is 0.165. The smallest absolute Gasteiger partial charge is 0.407 e. The highest BCUT2D eigenvalue weighted by molar-refractivity contribution is 5.67. The summed E-state index contributed by atoms with van der Waals surface area (Å²) in [7, 11) is 0. The molecule has 0 radical (unpaired) electrons. The Morgan fingerprint density at radius 3 is 2.74 bits per heavy atom. The molecule has 1 saturated carbocycles. The number of carbonyl (C=O) groups is 1. The van der Waals surface area contributed by atoms with E-state index in [0.717, 1.165) is 31.2 Å². The molecule has 0 bridgehead atoms. The monoisotopic (exact) mass is 263 g/mol. The number of carbonyl (C=O) groups excluding carboxylic acids is 1. The van der Waals surface area contributed by atoms with Crippen LogP contribution in [0.2, 0.25) is 0 Å². The van der Waals surface area contributed by atoms with E-state index in [2.05, 4.69) is 5.32 Å². The highest BCUT2D eigenvalue weighted by Crippen LogP contribution is 2.23. The van der Waals surface area contributed by atoms with Crippen molar-refractivity contribution in [1.82, 2.24) is 5.32 Å². The number of rotatable bonds is 4. The van der Waals surface area contributed by atoms with Crippen LogP contribution < -0.4 is 5.32 Å². The molecular formula is C15H21NO3. The van der Waals surface area contributed by atoms with E-state index in [9.17, 15) is 9.90 Å². The second-order valence-corrected chi connectivity index (χ2v) is 5.05. The summed E-state index contributed by atoms with van der Waals surface area (Å²) in [6.45, 7) is 0.773. The summed E-state index contributed by atoms with van der Waals surface area (Å²) >= 11 is 0. The fourth-order valence-electron chi connectivity index (χ4n) is 2.41. The van der Waals surface area contributed by atoms with Gasteiger partial charge in [0, 0.05) is 12.5 Å². The van der Waals surface area contributed by atoms with Crippen molar-refractivity contribution in [2.24, 2.45) is 5.92 Å². The van der Waals surface area contributed by atoms with Gasteiger partial charge < -0.3 is 15.2 Å². The summed E-state index contributed by atoms with van der Waals surface area (Å²) < 4.78 is 5.12. The summed E-state index contributed by atoms with van der Waals surface area (Å²) in [5.41, 5.74) is 0.968. The maximum absolute atomic E-state index is 11.6. The molecule has 0 spiro atoms. The van der Waals surface area contributed by atoms with Crippen molar-refractivity contribution >= 4 is 6.09 Å². The lowest BCUT2D eigenvalue weighted by Gasteiger charge is -2.27. The lowest BCUT2D eigenvalue weighted by Crippen LogP contribution is -2.36. The SMILES string of the molecule is O=C(NC[C@H]1CCCC[C@@H]1O)OCc1ccccc1. The number of aliphatic hydroxyl groups is 1. The Kier molecular flexibility index (Phi) is 5.21. The maximum Gasteiger partial charge on any atom is 0.407 e.